The first-order valence-electron chi connectivity index (χ1n) is 5.94. The van der Waals surface area contributed by atoms with Crippen LogP contribution >= 0.6 is 0 Å². The van der Waals surface area contributed by atoms with Gasteiger partial charge in [-0.3, -0.25) is 4.79 Å². The van der Waals surface area contributed by atoms with Crippen molar-refractivity contribution in [1.29, 1.82) is 0 Å². The fourth-order valence-corrected chi connectivity index (χ4v) is 1.40. The molecule has 0 atom stereocenters. The summed E-state index contributed by atoms with van der Waals surface area (Å²) in [7, 11) is 1.20. The van der Waals surface area contributed by atoms with Crippen molar-refractivity contribution in [1.82, 2.24) is 5.32 Å². The van der Waals surface area contributed by atoms with Crippen molar-refractivity contribution in [3.8, 4) is 0 Å². The Morgan fingerprint density at radius 3 is 2.31 bits per heavy atom. The largest absolute Gasteiger partial charge is 0.462 e. The van der Waals surface area contributed by atoms with Crippen molar-refractivity contribution in [3.63, 3.8) is 0 Å². The highest BCUT2D eigenvalue weighted by molar-refractivity contribution is 6.32. The van der Waals surface area contributed by atoms with E-state index >= 15 is 0 Å². The van der Waals surface area contributed by atoms with Crippen molar-refractivity contribution >= 4 is 11.9 Å². The average Bonchev–Trinajstić information content (AvgIpc) is 2.25. The number of esters is 1. The molecule has 0 aliphatic carbocycles. The van der Waals surface area contributed by atoms with Gasteiger partial charge in [0.25, 0.3) is 0 Å². The van der Waals surface area contributed by atoms with Crippen molar-refractivity contribution in [2.75, 3.05) is 13.7 Å². The van der Waals surface area contributed by atoms with E-state index in [2.05, 4.69) is 23.9 Å². The van der Waals surface area contributed by atoms with Gasteiger partial charge in [0, 0.05) is 6.54 Å². The fourth-order valence-electron chi connectivity index (χ4n) is 1.40. The maximum Gasteiger partial charge on any atom is 0.396 e. The van der Waals surface area contributed by atoms with Crippen LogP contribution in [0.4, 0.5) is 0 Å². The molecule has 1 amide bonds. The second kappa shape index (κ2) is 9.19. The molecule has 1 N–H and O–H groups in total. The summed E-state index contributed by atoms with van der Waals surface area (Å²) in [5.41, 5.74) is 0. The SMILES string of the molecule is COC(=O)C(=O)NCCCCCCC(C)C. The molecule has 0 spiro atoms. The predicted molar refractivity (Wildman–Crippen MR) is 62.9 cm³/mol. The number of ether oxygens (including phenoxy) is 1. The van der Waals surface area contributed by atoms with Gasteiger partial charge in [0.1, 0.15) is 0 Å². The molecule has 94 valence electrons. The van der Waals surface area contributed by atoms with E-state index in [-0.39, 0.29) is 0 Å². The van der Waals surface area contributed by atoms with Gasteiger partial charge in [-0.2, -0.15) is 0 Å². The highest BCUT2D eigenvalue weighted by Crippen LogP contribution is 2.08. The number of hydrogen-bond donors (Lipinski definition) is 1. The summed E-state index contributed by atoms with van der Waals surface area (Å²) in [5.74, 6) is -0.705. The molecular formula is C12H23NO3. The Morgan fingerprint density at radius 1 is 1.12 bits per heavy atom. The number of unbranched alkanes of at least 4 members (excludes halogenated alkanes) is 3. The standard InChI is InChI=1S/C12H23NO3/c1-10(2)8-6-4-5-7-9-13-11(14)12(15)16-3/h10H,4-9H2,1-3H3,(H,13,14). The van der Waals surface area contributed by atoms with Crippen molar-refractivity contribution in [2.45, 2.75) is 46.0 Å². The number of carbonyl (C=O) groups is 2. The molecule has 4 nitrogen and oxygen atoms in total. The molecule has 0 radical (unpaired) electrons. The summed E-state index contributed by atoms with van der Waals surface area (Å²) in [6.07, 6.45) is 5.69. The molecule has 0 unspecified atom stereocenters. The Balaban J connectivity index is 3.27. The van der Waals surface area contributed by atoms with E-state index in [9.17, 15) is 9.59 Å². The number of rotatable bonds is 7. The summed E-state index contributed by atoms with van der Waals surface area (Å²) in [6, 6.07) is 0. The highest BCUT2D eigenvalue weighted by atomic mass is 16.5. The third kappa shape index (κ3) is 8.26. The van der Waals surface area contributed by atoms with E-state index in [1.54, 1.807) is 0 Å². The number of amides is 1. The maximum atomic E-state index is 11.0. The number of carbonyl (C=O) groups excluding carboxylic acids is 2. The lowest BCUT2D eigenvalue weighted by Gasteiger charge is -2.05. The van der Waals surface area contributed by atoms with Crippen LogP contribution in [-0.2, 0) is 14.3 Å². The molecule has 0 bridgehead atoms. The molecule has 16 heavy (non-hydrogen) atoms. The van der Waals surface area contributed by atoms with Gasteiger partial charge in [0.2, 0.25) is 0 Å². The van der Waals surface area contributed by atoms with E-state index in [4.69, 9.17) is 0 Å². The number of hydrogen-bond acceptors (Lipinski definition) is 3. The van der Waals surface area contributed by atoms with Gasteiger partial charge in [-0.05, 0) is 12.3 Å². The molecular weight excluding hydrogens is 206 g/mol. The summed E-state index contributed by atoms with van der Waals surface area (Å²) in [4.78, 5) is 21.7. The van der Waals surface area contributed by atoms with E-state index in [0.29, 0.717) is 6.54 Å². The van der Waals surface area contributed by atoms with Crippen molar-refractivity contribution in [2.24, 2.45) is 5.92 Å². The van der Waals surface area contributed by atoms with Crippen LogP contribution in [0.3, 0.4) is 0 Å². The summed E-state index contributed by atoms with van der Waals surface area (Å²) >= 11 is 0. The number of methoxy groups -OCH3 is 1. The van der Waals surface area contributed by atoms with Crippen LogP contribution in [0.15, 0.2) is 0 Å². The topological polar surface area (TPSA) is 55.4 Å². The van der Waals surface area contributed by atoms with E-state index in [0.717, 1.165) is 18.8 Å². The smallest absolute Gasteiger partial charge is 0.396 e. The average molecular weight is 229 g/mol. The van der Waals surface area contributed by atoms with Gasteiger partial charge in [0.15, 0.2) is 0 Å². The Morgan fingerprint density at radius 2 is 1.75 bits per heavy atom. The zero-order valence-corrected chi connectivity index (χ0v) is 10.5. The number of nitrogens with one attached hydrogen (secondary N) is 1. The van der Waals surface area contributed by atoms with Crippen LogP contribution in [0.25, 0.3) is 0 Å². The monoisotopic (exact) mass is 229 g/mol. The minimum Gasteiger partial charge on any atom is -0.462 e. The second-order valence-corrected chi connectivity index (χ2v) is 4.34. The van der Waals surface area contributed by atoms with E-state index in [1.165, 1.54) is 26.4 Å². The fraction of sp³-hybridized carbons (Fsp3) is 0.833. The van der Waals surface area contributed by atoms with Gasteiger partial charge in [-0.1, -0.05) is 39.5 Å². The molecule has 0 aliphatic heterocycles. The first-order valence-corrected chi connectivity index (χ1v) is 5.94. The maximum absolute atomic E-state index is 11.0. The van der Waals surface area contributed by atoms with Crippen molar-refractivity contribution < 1.29 is 14.3 Å². The van der Waals surface area contributed by atoms with Crippen LogP contribution in [0.1, 0.15) is 46.0 Å². The van der Waals surface area contributed by atoms with Crippen LogP contribution in [0.5, 0.6) is 0 Å². The Kier molecular flexibility index (Phi) is 8.58. The first-order chi connectivity index (χ1) is 7.57. The highest BCUT2D eigenvalue weighted by Gasteiger charge is 2.11. The third-order valence-corrected chi connectivity index (χ3v) is 2.36. The van der Waals surface area contributed by atoms with Crippen LogP contribution in [0, 0.1) is 5.92 Å². The van der Waals surface area contributed by atoms with Gasteiger partial charge >= 0.3 is 11.9 Å². The lowest BCUT2D eigenvalue weighted by Crippen LogP contribution is -2.32. The Bertz CT molecular complexity index is 214. The third-order valence-electron chi connectivity index (χ3n) is 2.36. The molecule has 0 aromatic carbocycles. The Labute approximate surface area is 97.7 Å². The van der Waals surface area contributed by atoms with Crippen molar-refractivity contribution in [3.05, 3.63) is 0 Å². The van der Waals surface area contributed by atoms with Gasteiger partial charge in [-0.25, -0.2) is 4.79 Å². The van der Waals surface area contributed by atoms with Crippen LogP contribution in [-0.4, -0.2) is 25.5 Å². The molecule has 0 fully saturated rings. The molecule has 4 heteroatoms. The molecule has 0 saturated heterocycles. The first kappa shape index (κ1) is 14.9. The molecule has 0 aliphatic rings. The molecule has 0 heterocycles. The molecule has 0 aromatic rings. The summed E-state index contributed by atoms with van der Waals surface area (Å²) in [5, 5.41) is 2.52. The van der Waals surface area contributed by atoms with Gasteiger partial charge < -0.3 is 10.1 Å². The lowest BCUT2D eigenvalue weighted by atomic mass is 10.0. The Hall–Kier alpha value is -1.06. The lowest BCUT2D eigenvalue weighted by molar-refractivity contribution is -0.152. The molecule has 0 saturated carbocycles. The van der Waals surface area contributed by atoms with Crippen LogP contribution < -0.4 is 5.32 Å². The normalized spacial score (nSPS) is 10.2. The summed E-state index contributed by atoms with van der Waals surface area (Å²) < 4.78 is 4.28. The predicted octanol–water partition coefficient (Wildman–Crippen LogP) is 1.88. The quantitative estimate of drug-likeness (QED) is 0.412. The zero-order valence-electron chi connectivity index (χ0n) is 10.5. The van der Waals surface area contributed by atoms with Crippen LogP contribution in [0.2, 0.25) is 0 Å². The second-order valence-electron chi connectivity index (χ2n) is 4.34. The minimum atomic E-state index is -0.820. The minimum absolute atomic E-state index is 0.551. The summed E-state index contributed by atoms with van der Waals surface area (Å²) in [6.45, 7) is 4.99. The molecule has 0 aromatic heterocycles. The van der Waals surface area contributed by atoms with E-state index in [1.807, 2.05) is 0 Å². The zero-order chi connectivity index (χ0) is 12.4. The van der Waals surface area contributed by atoms with E-state index < -0.39 is 11.9 Å². The molecule has 0 rings (SSSR count). The van der Waals surface area contributed by atoms with Gasteiger partial charge in [-0.15, -0.1) is 0 Å². The van der Waals surface area contributed by atoms with Gasteiger partial charge in [0.05, 0.1) is 7.11 Å².